The Morgan fingerprint density at radius 1 is 1.42 bits per heavy atom. The van der Waals surface area contributed by atoms with Gasteiger partial charge in [0, 0.05) is 6.04 Å². The fourth-order valence-electron chi connectivity index (χ4n) is 2.69. The van der Waals surface area contributed by atoms with Crippen molar-refractivity contribution in [2.45, 2.75) is 38.6 Å². The molecule has 0 aromatic heterocycles. The molecule has 1 aromatic rings. The molecule has 104 valence electrons. The van der Waals surface area contributed by atoms with Crippen LogP contribution in [0.15, 0.2) is 18.2 Å². The van der Waals surface area contributed by atoms with Crippen LogP contribution in [-0.4, -0.2) is 30.4 Å². The Kier molecular flexibility index (Phi) is 4.43. The molecule has 1 aliphatic rings. The number of likely N-dealkylation sites (N-methyl/N-ethyl adjacent to an activating group) is 1. The first-order valence-electron chi connectivity index (χ1n) is 6.92. The van der Waals surface area contributed by atoms with E-state index in [9.17, 15) is 4.79 Å². The first kappa shape index (κ1) is 13.9. The molecule has 19 heavy (non-hydrogen) atoms. The quantitative estimate of drug-likeness (QED) is 0.818. The van der Waals surface area contributed by atoms with Gasteiger partial charge in [-0.3, -0.25) is 9.69 Å². The molecule has 0 bridgehead atoms. The van der Waals surface area contributed by atoms with Gasteiger partial charge in [-0.25, -0.2) is 0 Å². The summed E-state index contributed by atoms with van der Waals surface area (Å²) in [6, 6.07) is 6.24. The van der Waals surface area contributed by atoms with Gasteiger partial charge in [-0.05, 0) is 44.5 Å². The molecule has 2 rings (SSSR count). The second-order valence-corrected chi connectivity index (χ2v) is 5.49. The van der Waals surface area contributed by atoms with E-state index in [2.05, 4.69) is 10.2 Å². The van der Waals surface area contributed by atoms with E-state index in [0.717, 1.165) is 5.56 Å². The van der Waals surface area contributed by atoms with Crippen molar-refractivity contribution in [1.29, 1.82) is 0 Å². The van der Waals surface area contributed by atoms with Gasteiger partial charge in [0.05, 0.1) is 17.9 Å². The van der Waals surface area contributed by atoms with E-state index in [1.54, 1.807) is 0 Å². The highest BCUT2D eigenvalue weighted by atomic mass is 16.2. The van der Waals surface area contributed by atoms with E-state index >= 15 is 0 Å². The Hall–Kier alpha value is -1.55. The minimum Gasteiger partial charge on any atom is -0.397 e. The van der Waals surface area contributed by atoms with Crippen LogP contribution in [0, 0.1) is 6.92 Å². The predicted molar refractivity (Wildman–Crippen MR) is 79.1 cm³/mol. The largest absolute Gasteiger partial charge is 0.397 e. The van der Waals surface area contributed by atoms with Crippen LogP contribution in [0.25, 0.3) is 0 Å². The summed E-state index contributed by atoms with van der Waals surface area (Å²) in [4.78, 5) is 14.2. The maximum absolute atomic E-state index is 12.0. The van der Waals surface area contributed by atoms with Gasteiger partial charge in [-0.15, -0.1) is 0 Å². The van der Waals surface area contributed by atoms with Crippen molar-refractivity contribution in [3.63, 3.8) is 0 Å². The van der Waals surface area contributed by atoms with Crippen LogP contribution < -0.4 is 11.1 Å². The van der Waals surface area contributed by atoms with Gasteiger partial charge >= 0.3 is 0 Å². The standard InChI is InChI=1S/C15H23N3O/c1-11-7-8-14(13(16)9-11)17-15(19)10-18(2)12-5-3-4-6-12/h7-9,12H,3-6,10,16H2,1-2H3,(H,17,19). The van der Waals surface area contributed by atoms with Crippen LogP contribution in [0.1, 0.15) is 31.2 Å². The minimum atomic E-state index is 0.00459. The Balaban J connectivity index is 1.89. The second kappa shape index (κ2) is 6.06. The molecule has 3 N–H and O–H groups in total. The van der Waals surface area contributed by atoms with Crippen molar-refractivity contribution in [2.24, 2.45) is 0 Å². The normalized spacial score (nSPS) is 15.9. The Morgan fingerprint density at radius 2 is 2.11 bits per heavy atom. The molecule has 4 nitrogen and oxygen atoms in total. The Morgan fingerprint density at radius 3 is 2.74 bits per heavy atom. The number of hydrogen-bond acceptors (Lipinski definition) is 3. The van der Waals surface area contributed by atoms with Crippen molar-refractivity contribution in [2.75, 3.05) is 24.6 Å². The molecule has 1 saturated carbocycles. The highest BCUT2D eigenvalue weighted by molar-refractivity contribution is 5.95. The lowest BCUT2D eigenvalue weighted by Crippen LogP contribution is -2.36. The van der Waals surface area contributed by atoms with Gasteiger partial charge in [0.1, 0.15) is 0 Å². The number of nitrogens with zero attached hydrogens (tertiary/aromatic N) is 1. The summed E-state index contributed by atoms with van der Waals surface area (Å²) in [6.45, 7) is 2.41. The van der Waals surface area contributed by atoms with E-state index in [1.807, 2.05) is 32.2 Å². The number of nitrogens with two attached hydrogens (primary N) is 1. The number of benzene rings is 1. The number of nitrogens with one attached hydrogen (secondary N) is 1. The maximum atomic E-state index is 12.0. The lowest BCUT2D eigenvalue weighted by atomic mass is 10.2. The lowest BCUT2D eigenvalue weighted by Gasteiger charge is -2.23. The number of nitrogen functional groups attached to an aromatic ring is 1. The topological polar surface area (TPSA) is 58.4 Å². The average molecular weight is 261 g/mol. The molecular weight excluding hydrogens is 238 g/mol. The molecule has 0 spiro atoms. The minimum absolute atomic E-state index is 0.00459. The molecule has 0 aliphatic heterocycles. The van der Waals surface area contributed by atoms with Gasteiger partial charge in [-0.2, -0.15) is 0 Å². The Bertz CT molecular complexity index is 453. The monoisotopic (exact) mass is 261 g/mol. The zero-order chi connectivity index (χ0) is 13.8. The summed E-state index contributed by atoms with van der Waals surface area (Å²) < 4.78 is 0. The number of rotatable bonds is 4. The first-order valence-corrected chi connectivity index (χ1v) is 6.92. The van der Waals surface area contributed by atoms with Crippen LogP contribution >= 0.6 is 0 Å². The van der Waals surface area contributed by atoms with E-state index in [-0.39, 0.29) is 5.91 Å². The Labute approximate surface area is 115 Å². The van der Waals surface area contributed by atoms with Crippen LogP contribution in [0.3, 0.4) is 0 Å². The van der Waals surface area contributed by atoms with Crippen molar-refractivity contribution in [3.05, 3.63) is 23.8 Å². The third-order valence-corrected chi connectivity index (χ3v) is 3.82. The SMILES string of the molecule is Cc1ccc(NC(=O)CN(C)C2CCCC2)c(N)c1. The molecular formula is C15H23N3O. The molecule has 1 aliphatic carbocycles. The van der Waals surface area contributed by atoms with Crippen LogP contribution in [0.5, 0.6) is 0 Å². The molecule has 1 aromatic carbocycles. The van der Waals surface area contributed by atoms with E-state index in [0.29, 0.717) is 24.0 Å². The van der Waals surface area contributed by atoms with E-state index in [1.165, 1.54) is 25.7 Å². The number of aryl methyl sites for hydroxylation is 1. The van der Waals surface area contributed by atoms with Gasteiger partial charge in [0.2, 0.25) is 5.91 Å². The summed E-state index contributed by atoms with van der Waals surface area (Å²) in [6.07, 6.45) is 4.97. The second-order valence-electron chi connectivity index (χ2n) is 5.49. The highest BCUT2D eigenvalue weighted by Crippen LogP contribution is 2.23. The first-order chi connectivity index (χ1) is 9.06. The third kappa shape index (κ3) is 3.70. The van der Waals surface area contributed by atoms with E-state index in [4.69, 9.17) is 5.73 Å². The average Bonchev–Trinajstić information content (AvgIpc) is 2.86. The van der Waals surface area contributed by atoms with Crippen LogP contribution in [-0.2, 0) is 4.79 Å². The van der Waals surface area contributed by atoms with E-state index < -0.39 is 0 Å². The summed E-state index contributed by atoms with van der Waals surface area (Å²) in [7, 11) is 2.02. The molecule has 1 fully saturated rings. The molecule has 0 saturated heterocycles. The van der Waals surface area contributed by atoms with Crippen molar-refractivity contribution < 1.29 is 4.79 Å². The smallest absolute Gasteiger partial charge is 0.238 e. The zero-order valence-corrected chi connectivity index (χ0v) is 11.8. The molecule has 0 atom stereocenters. The fraction of sp³-hybridized carbons (Fsp3) is 0.533. The van der Waals surface area contributed by atoms with Crippen molar-refractivity contribution >= 4 is 17.3 Å². The molecule has 0 unspecified atom stereocenters. The van der Waals surface area contributed by atoms with Crippen LogP contribution in [0.4, 0.5) is 11.4 Å². The van der Waals surface area contributed by atoms with Crippen molar-refractivity contribution in [1.82, 2.24) is 4.90 Å². The number of anilines is 2. The molecule has 0 heterocycles. The summed E-state index contributed by atoms with van der Waals surface area (Å²) in [5.74, 6) is 0.00459. The predicted octanol–water partition coefficient (Wildman–Crippen LogP) is 2.39. The molecule has 4 heteroatoms. The lowest BCUT2D eigenvalue weighted by molar-refractivity contribution is -0.117. The number of carbonyl (C=O) groups is 1. The van der Waals surface area contributed by atoms with Crippen LogP contribution in [0.2, 0.25) is 0 Å². The molecule has 1 amide bonds. The summed E-state index contributed by atoms with van der Waals surface area (Å²) in [5.41, 5.74) is 8.32. The van der Waals surface area contributed by atoms with Gasteiger partial charge < -0.3 is 11.1 Å². The summed E-state index contributed by atoms with van der Waals surface area (Å²) >= 11 is 0. The van der Waals surface area contributed by atoms with Gasteiger partial charge in [0.25, 0.3) is 0 Å². The number of carbonyl (C=O) groups excluding carboxylic acids is 1. The molecule has 0 radical (unpaired) electrons. The summed E-state index contributed by atoms with van der Waals surface area (Å²) in [5, 5.41) is 2.89. The number of amides is 1. The third-order valence-electron chi connectivity index (χ3n) is 3.82. The van der Waals surface area contributed by atoms with Gasteiger partial charge in [-0.1, -0.05) is 18.9 Å². The zero-order valence-electron chi connectivity index (χ0n) is 11.8. The maximum Gasteiger partial charge on any atom is 0.238 e. The fourth-order valence-corrected chi connectivity index (χ4v) is 2.69. The van der Waals surface area contributed by atoms with Crippen molar-refractivity contribution in [3.8, 4) is 0 Å². The number of hydrogen-bond donors (Lipinski definition) is 2. The van der Waals surface area contributed by atoms with Gasteiger partial charge in [0.15, 0.2) is 0 Å². The highest BCUT2D eigenvalue weighted by Gasteiger charge is 2.21.